The molecule has 0 unspecified atom stereocenters. The zero-order valence-corrected chi connectivity index (χ0v) is 19.8. The van der Waals surface area contributed by atoms with Crippen molar-refractivity contribution in [1.82, 2.24) is 4.57 Å². The summed E-state index contributed by atoms with van der Waals surface area (Å²) in [5.74, 6) is -3.20. The molecule has 172 valence electrons. The van der Waals surface area contributed by atoms with Gasteiger partial charge in [0.05, 0.1) is 17.1 Å². The van der Waals surface area contributed by atoms with Crippen molar-refractivity contribution in [2.75, 3.05) is 4.90 Å². The van der Waals surface area contributed by atoms with Crippen LogP contribution in [0, 0.1) is 11.8 Å². The van der Waals surface area contributed by atoms with Crippen molar-refractivity contribution in [2.45, 2.75) is 27.7 Å². The van der Waals surface area contributed by atoms with Crippen molar-refractivity contribution in [3.8, 4) is 5.75 Å². The molecule has 7 nitrogen and oxygen atoms in total. The zero-order valence-electron chi connectivity index (χ0n) is 19.1. The van der Waals surface area contributed by atoms with E-state index in [-0.39, 0.29) is 11.4 Å². The highest BCUT2D eigenvalue weighted by atomic mass is 35.5. The number of aryl methyl sites for hydroxylation is 1. The van der Waals surface area contributed by atoms with Crippen molar-refractivity contribution in [3.05, 3.63) is 69.5 Å². The van der Waals surface area contributed by atoms with Gasteiger partial charge >= 0.3 is 5.97 Å². The number of esters is 1. The van der Waals surface area contributed by atoms with Gasteiger partial charge in [0, 0.05) is 23.4 Å². The molecule has 3 rings (SSSR count). The molecule has 3 aromatic rings. The first kappa shape index (κ1) is 24.2. The lowest BCUT2D eigenvalue weighted by atomic mass is 10.1. The van der Waals surface area contributed by atoms with Crippen molar-refractivity contribution >= 4 is 46.0 Å². The predicted molar refractivity (Wildman–Crippen MR) is 128 cm³/mol. The minimum atomic E-state index is -0.881. The van der Waals surface area contributed by atoms with E-state index in [1.165, 1.54) is 23.7 Å². The summed E-state index contributed by atoms with van der Waals surface area (Å²) in [4.78, 5) is 53.7. The van der Waals surface area contributed by atoms with Crippen LogP contribution in [-0.2, 0) is 16.6 Å². The van der Waals surface area contributed by atoms with Crippen LogP contribution in [0.1, 0.15) is 38.1 Å². The Morgan fingerprint density at radius 3 is 2.12 bits per heavy atom. The highest BCUT2D eigenvalue weighted by Crippen LogP contribution is 2.31. The quantitative estimate of drug-likeness (QED) is 0.511. The van der Waals surface area contributed by atoms with Gasteiger partial charge in [0.2, 0.25) is 5.91 Å². The maximum Gasteiger partial charge on any atom is 0.313 e. The van der Waals surface area contributed by atoms with E-state index in [1.807, 2.05) is 0 Å². The van der Waals surface area contributed by atoms with Crippen LogP contribution < -0.4 is 15.2 Å². The molecular weight excluding hydrogens is 444 g/mol. The van der Waals surface area contributed by atoms with E-state index < -0.39 is 40.7 Å². The normalized spacial score (nSPS) is 11.2. The fourth-order valence-corrected chi connectivity index (χ4v) is 3.41. The third-order valence-corrected chi connectivity index (χ3v) is 5.40. The molecule has 2 aromatic carbocycles. The monoisotopic (exact) mass is 468 g/mol. The molecule has 0 fully saturated rings. The van der Waals surface area contributed by atoms with Crippen molar-refractivity contribution < 1.29 is 19.1 Å². The Labute approximate surface area is 196 Å². The van der Waals surface area contributed by atoms with Gasteiger partial charge in [-0.15, -0.1) is 0 Å². The number of imide groups is 1. The molecule has 0 aliphatic carbocycles. The van der Waals surface area contributed by atoms with E-state index in [9.17, 15) is 19.2 Å². The van der Waals surface area contributed by atoms with Gasteiger partial charge in [-0.3, -0.25) is 19.2 Å². The minimum Gasteiger partial charge on any atom is -0.425 e. The standard InChI is InChI=1S/C25H25ClN2O5/c1-14(2)22(29)28(17-12-10-16(26)11-13-17)24(31)20-21(33-25(32)15(3)4)18-8-6-7-9-19(18)27(5)23(20)30/h6-15H,1-5H3. The van der Waals surface area contributed by atoms with E-state index in [1.54, 1.807) is 64.1 Å². The van der Waals surface area contributed by atoms with Gasteiger partial charge in [-0.2, -0.15) is 0 Å². The molecule has 0 atom stereocenters. The highest BCUT2D eigenvalue weighted by Gasteiger charge is 2.33. The number of carbonyl (C=O) groups excluding carboxylic acids is 3. The van der Waals surface area contributed by atoms with Crippen molar-refractivity contribution in [2.24, 2.45) is 18.9 Å². The molecule has 0 aliphatic heterocycles. The summed E-state index contributed by atoms with van der Waals surface area (Å²) in [6, 6.07) is 12.9. The van der Waals surface area contributed by atoms with Gasteiger partial charge in [0.15, 0.2) is 5.75 Å². The summed E-state index contributed by atoms with van der Waals surface area (Å²) in [7, 11) is 1.52. The van der Waals surface area contributed by atoms with Crippen LogP contribution in [0.25, 0.3) is 10.9 Å². The van der Waals surface area contributed by atoms with Gasteiger partial charge in [-0.25, -0.2) is 4.90 Å². The lowest BCUT2D eigenvalue weighted by Crippen LogP contribution is -2.43. The predicted octanol–water partition coefficient (Wildman–Crippen LogP) is 4.58. The number of hydrogen-bond acceptors (Lipinski definition) is 5. The van der Waals surface area contributed by atoms with Gasteiger partial charge in [-0.05, 0) is 36.4 Å². The third kappa shape index (κ3) is 4.68. The number of amides is 2. The molecule has 0 radical (unpaired) electrons. The number of fused-ring (bicyclic) bond motifs is 1. The Morgan fingerprint density at radius 2 is 1.55 bits per heavy atom. The van der Waals surface area contributed by atoms with Gasteiger partial charge < -0.3 is 9.30 Å². The van der Waals surface area contributed by atoms with E-state index in [4.69, 9.17) is 16.3 Å². The van der Waals surface area contributed by atoms with Crippen molar-refractivity contribution in [3.63, 3.8) is 0 Å². The smallest absolute Gasteiger partial charge is 0.313 e. The highest BCUT2D eigenvalue weighted by molar-refractivity contribution is 6.31. The van der Waals surface area contributed by atoms with Gasteiger partial charge in [0.25, 0.3) is 11.5 Å². The number of halogens is 1. The van der Waals surface area contributed by atoms with E-state index in [0.717, 1.165) is 4.90 Å². The second-order valence-corrected chi connectivity index (χ2v) is 8.71. The number of carbonyl (C=O) groups is 3. The average molecular weight is 469 g/mol. The molecule has 1 heterocycles. The number of hydrogen-bond donors (Lipinski definition) is 0. The van der Waals surface area contributed by atoms with Crippen LogP contribution in [0.4, 0.5) is 5.69 Å². The summed E-state index contributed by atoms with van der Waals surface area (Å²) in [5.41, 5.74) is -0.340. The molecule has 0 saturated carbocycles. The molecule has 8 heteroatoms. The second kappa shape index (κ2) is 9.58. The first-order chi connectivity index (χ1) is 15.5. The van der Waals surface area contributed by atoms with E-state index in [0.29, 0.717) is 15.9 Å². The molecule has 0 saturated heterocycles. The number of aromatic nitrogens is 1. The number of nitrogens with zero attached hydrogens (tertiary/aromatic N) is 2. The molecule has 0 bridgehead atoms. The van der Waals surface area contributed by atoms with Crippen LogP contribution >= 0.6 is 11.6 Å². The molecular formula is C25H25ClN2O5. The number of para-hydroxylation sites is 1. The number of rotatable bonds is 5. The van der Waals surface area contributed by atoms with Crippen LogP contribution in [0.3, 0.4) is 0 Å². The summed E-state index contributed by atoms with van der Waals surface area (Å²) < 4.78 is 6.89. The second-order valence-electron chi connectivity index (χ2n) is 8.27. The van der Waals surface area contributed by atoms with Crippen LogP contribution in [0.5, 0.6) is 5.75 Å². The van der Waals surface area contributed by atoms with Gasteiger partial charge in [0.1, 0.15) is 5.56 Å². The average Bonchev–Trinajstić information content (AvgIpc) is 2.78. The summed E-state index contributed by atoms with van der Waals surface area (Å²) in [5, 5.41) is 0.835. The maximum absolute atomic E-state index is 13.8. The van der Waals surface area contributed by atoms with Gasteiger partial charge in [-0.1, -0.05) is 51.4 Å². The summed E-state index contributed by atoms with van der Waals surface area (Å²) in [6.07, 6.45) is 0. The largest absolute Gasteiger partial charge is 0.425 e. The number of ether oxygens (including phenoxy) is 1. The van der Waals surface area contributed by atoms with Crippen LogP contribution in [0.15, 0.2) is 53.3 Å². The Hall–Kier alpha value is -3.45. The lowest BCUT2D eigenvalue weighted by Gasteiger charge is -2.24. The zero-order chi connectivity index (χ0) is 24.4. The summed E-state index contributed by atoms with van der Waals surface area (Å²) >= 11 is 5.98. The fraction of sp³-hybridized carbons (Fsp3) is 0.280. The number of anilines is 1. The Kier molecular flexibility index (Phi) is 7.03. The van der Waals surface area contributed by atoms with Crippen LogP contribution in [-0.4, -0.2) is 22.4 Å². The minimum absolute atomic E-state index is 0.159. The Balaban J connectivity index is 2.33. The molecule has 1 aromatic heterocycles. The van der Waals surface area contributed by atoms with Crippen molar-refractivity contribution in [1.29, 1.82) is 0 Å². The topological polar surface area (TPSA) is 85.7 Å². The Morgan fingerprint density at radius 1 is 0.939 bits per heavy atom. The molecule has 2 amide bonds. The fourth-order valence-electron chi connectivity index (χ4n) is 3.28. The van der Waals surface area contributed by atoms with E-state index >= 15 is 0 Å². The molecule has 33 heavy (non-hydrogen) atoms. The number of pyridine rings is 1. The first-order valence-corrected chi connectivity index (χ1v) is 10.9. The SMILES string of the molecule is CC(C)C(=O)Oc1c(C(=O)N(C(=O)C(C)C)c2ccc(Cl)cc2)c(=O)n(C)c2ccccc12. The van der Waals surface area contributed by atoms with E-state index in [2.05, 4.69) is 0 Å². The lowest BCUT2D eigenvalue weighted by molar-refractivity contribution is -0.137. The molecule has 0 spiro atoms. The maximum atomic E-state index is 13.8. The summed E-state index contributed by atoms with van der Waals surface area (Å²) in [6.45, 7) is 6.60. The first-order valence-electron chi connectivity index (χ1n) is 10.5. The Bertz CT molecular complexity index is 1290. The third-order valence-electron chi connectivity index (χ3n) is 5.15. The molecule has 0 N–H and O–H groups in total. The number of benzene rings is 2. The van der Waals surface area contributed by atoms with Crippen LogP contribution in [0.2, 0.25) is 5.02 Å². The molecule has 0 aliphatic rings.